The van der Waals surface area contributed by atoms with Gasteiger partial charge < -0.3 is 4.90 Å². The molecule has 0 saturated heterocycles. The summed E-state index contributed by atoms with van der Waals surface area (Å²) >= 11 is 0. The van der Waals surface area contributed by atoms with Gasteiger partial charge >= 0.3 is 0 Å². The second-order valence-electron chi connectivity index (χ2n) is 18.1. The summed E-state index contributed by atoms with van der Waals surface area (Å²) in [7, 11) is 0. The van der Waals surface area contributed by atoms with E-state index in [2.05, 4.69) is 257 Å². The quantitative estimate of drug-likeness (QED) is 0.155. The molecule has 0 amide bonds. The molecule has 9 aromatic carbocycles. The number of hydrogen-bond acceptors (Lipinski definition) is 1. The summed E-state index contributed by atoms with van der Waals surface area (Å²) in [6, 6.07) is 84.3. The van der Waals surface area contributed by atoms with Crippen molar-refractivity contribution in [2.24, 2.45) is 0 Å². The molecule has 62 heavy (non-hydrogen) atoms. The number of rotatable bonds is 7. The standard InChI is InChI=1S/C61H49N/c1-42-28-30-46(31-29-42)60(44-18-8-5-9-19-44)55-26-16-14-24-51(55)53-38-36-49(40-57(53)60)62(48-22-12-7-13-23-48)50-37-39-54-52-25-15-17-27-56(52)61(58(54)41-50,45-20-10-6-11-21-45)47-34-32-43(33-35-47)59(2,3)4/h5-41H,1-4H3. The molecule has 0 bridgehead atoms. The van der Waals surface area contributed by atoms with Crippen LogP contribution in [0.25, 0.3) is 22.3 Å². The van der Waals surface area contributed by atoms with E-state index in [0.29, 0.717) is 0 Å². The van der Waals surface area contributed by atoms with E-state index in [1.54, 1.807) is 0 Å². The van der Waals surface area contributed by atoms with Crippen LogP contribution in [0.15, 0.2) is 224 Å². The van der Waals surface area contributed by atoms with E-state index < -0.39 is 10.8 Å². The van der Waals surface area contributed by atoms with Crippen LogP contribution in [0.1, 0.15) is 76.4 Å². The molecule has 11 rings (SSSR count). The number of para-hydroxylation sites is 1. The molecule has 9 aromatic rings. The number of hydrogen-bond donors (Lipinski definition) is 0. The third-order valence-electron chi connectivity index (χ3n) is 13.7. The van der Waals surface area contributed by atoms with Crippen LogP contribution in [0.5, 0.6) is 0 Å². The molecule has 0 aromatic heterocycles. The molecule has 0 radical (unpaired) electrons. The predicted octanol–water partition coefficient (Wildman–Crippen LogP) is 15.5. The molecular formula is C61H49N. The van der Waals surface area contributed by atoms with Crippen LogP contribution in [0.2, 0.25) is 0 Å². The summed E-state index contributed by atoms with van der Waals surface area (Å²) in [6.45, 7) is 9.06. The van der Waals surface area contributed by atoms with Crippen molar-refractivity contribution in [3.05, 3.63) is 280 Å². The van der Waals surface area contributed by atoms with Gasteiger partial charge in [0.25, 0.3) is 0 Å². The van der Waals surface area contributed by atoms with Gasteiger partial charge in [0, 0.05) is 17.1 Å². The highest BCUT2D eigenvalue weighted by molar-refractivity contribution is 5.92. The highest BCUT2D eigenvalue weighted by atomic mass is 15.1. The van der Waals surface area contributed by atoms with Crippen molar-refractivity contribution in [2.75, 3.05) is 4.90 Å². The fourth-order valence-corrected chi connectivity index (χ4v) is 10.8. The summed E-state index contributed by atoms with van der Waals surface area (Å²) in [6.07, 6.45) is 0. The second kappa shape index (κ2) is 14.5. The first-order valence-corrected chi connectivity index (χ1v) is 21.9. The van der Waals surface area contributed by atoms with Gasteiger partial charge in [-0.1, -0.05) is 214 Å². The van der Waals surface area contributed by atoms with Gasteiger partial charge in [0.2, 0.25) is 0 Å². The van der Waals surface area contributed by atoms with Crippen molar-refractivity contribution >= 4 is 17.1 Å². The van der Waals surface area contributed by atoms with E-state index >= 15 is 0 Å². The fraction of sp³-hybridized carbons (Fsp3) is 0.115. The zero-order chi connectivity index (χ0) is 42.1. The molecule has 1 nitrogen and oxygen atoms in total. The van der Waals surface area contributed by atoms with Crippen LogP contribution in [0.4, 0.5) is 17.1 Å². The van der Waals surface area contributed by atoms with Crippen molar-refractivity contribution in [3.63, 3.8) is 0 Å². The van der Waals surface area contributed by atoms with Gasteiger partial charge in [0.15, 0.2) is 0 Å². The largest absolute Gasteiger partial charge is 0.310 e. The van der Waals surface area contributed by atoms with Crippen molar-refractivity contribution in [1.29, 1.82) is 0 Å². The molecule has 0 saturated carbocycles. The number of aryl methyl sites for hydroxylation is 1. The zero-order valence-electron chi connectivity index (χ0n) is 35.8. The van der Waals surface area contributed by atoms with Crippen molar-refractivity contribution in [2.45, 2.75) is 43.9 Å². The van der Waals surface area contributed by atoms with Gasteiger partial charge in [0.1, 0.15) is 0 Å². The number of nitrogens with zero attached hydrogens (tertiary/aromatic N) is 1. The number of fused-ring (bicyclic) bond motifs is 6. The maximum atomic E-state index is 2.49. The molecule has 0 heterocycles. The van der Waals surface area contributed by atoms with Crippen LogP contribution >= 0.6 is 0 Å². The molecule has 2 unspecified atom stereocenters. The molecule has 0 spiro atoms. The summed E-state index contributed by atoms with van der Waals surface area (Å²) < 4.78 is 0. The molecule has 0 aliphatic heterocycles. The lowest BCUT2D eigenvalue weighted by molar-refractivity contribution is 0.589. The Bertz CT molecular complexity index is 3090. The lowest BCUT2D eigenvalue weighted by Crippen LogP contribution is -2.29. The Hall–Kier alpha value is -7.22. The SMILES string of the molecule is Cc1ccc(C2(c3ccccc3)c3ccccc3-c3ccc(N(c4ccccc4)c4ccc5c(c4)C(c4ccccc4)(c4ccc(C(C)(C)C)cc4)c4ccccc4-5)cc32)cc1. The first-order chi connectivity index (χ1) is 30.3. The number of anilines is 3. The molecule has 2 atom stereocenters. The minimum atomic E-state index is -0.532. The highest BCUT2D eigenvalue weighted by Crippen LogP contribution is 2.59. The minimum absolute atomic E-state index is 0.0437. The van der Waals surface area contributed by atoms with E-state index in [1.807, 2.05) is 0 Å². The molecule has 0 N–H and O–H groups in total. The monoisotopic (exact) mass is 795 g/mol. The van der Waals surface area contributed by atoms with E-state index in [1.165, 1.54) is 77.9 Å². The maximum Gasteiger partial charge on any atom is 0.0714 e. The highest BCUT2D eigenvalue weighted by Gasteiger charge is 2.48. The maximum absolute atomic E-state index is 2.49. The van der Waals surface area contributed by atoms with Crippen LogP contribution < -0.4 is 4.90 Å². The van der Waals surface area contributed by atoms with Crippen LogP contribution in [-0.2, 0) is 16.2 Å². The molecular weight excluding hydrogens is 747 g/mol. The summed E-state index contributed by atoms with van der Waals surface area (Å²) in [4.78, 5) is 2.47. The van der Waals surface area contributed by atoms with Gasteiger partial charge in [-0.05, 0) is 121 Å². The average Bonchev–Trinajstić information content (AvgIpc) is 3.78. The molecule has 0 fully saturated rings. The van der Waals surface area contributed by atoms with Crippen LogP contribution in [-0.4, -0.2) is 0 Å². The topological polar surface area (TPSA) is 3.24 Å². The summed E-state index contributed by atoms with van der Waals surface area (Å²) in [5.41, 5.74) is 20.3. The molecule has 2 aliphatic rings. The summed E-state index contributed by atoms with van der Waals surface area (Å²) in [5.74, 6) is 0. The number of benzene rings is 9. The smallest absolute Gasteiger partial charge is 0.0714 e. The average molecular weight is 796 g/mol. The van der Waals surface area contributed by atoms with E-state index in [-0.39, 0.29) is 5.41 Å². The van der Waals surface area contributed by atoms with Gasteiger partial charge in [0.05, 0.1) is 10.8 Å². The van der Waals surface area contributed by atoms with E-state index in [9.17, 15) is 0 Å². The normalized spacial score (nSPS) is 17.2. The summed E-state index contributed by atoms with van der Waals surface area (Å²) in [5, 5.41) is 0. The van der Waals surface area contributed by atoms with Gasteiger partial charge in [-0.3, -0.25) is 0 Å². The first-order valence-electron chi connectivity index (χ1n) is 21.9. The molecule has 1 heteroatoms. The Morgan fingerprint density at radius 3 is 1.15 bits per heavy atom. The van der Waals surface area contributed by atoms with Gasteiger partial charge in [-0.2, -0.15) is 0 Å². The van der Waals surface area contributed by atoms with Crippen LogP contribution in [0, 0.1) is 6.92 Å². The Kier molecular flexibility index (Phi) is 8.81. The van der Waals surface area contributed by atoms with Crippen molar-refractivity contribution < 1.29 is 0 Å². The Labute approximate surface area is 366 Å². The predicted molar refractivity (Wildman–Crippen MR) is 259 cm³/mol. The Morgan fingerprint density at radius 2 is 0.694 bits per heavy atom. The third kappa shape index (κ3) is 5.61. The van der Waals surface area contributed by atoms with Gasteiger partial charge in [-0.25, -0.2) is 0 Å². The van der Waals surface area contributed by atoms with E-state index in [4.69, 9.17) is 0 Å². The second-order valence-corrected chi connectivity index (χ2v) is 18.1. The van der Waals surface area contributed by atoms with Crippen LogP contribution in [0.3, 0.4) is 0 Å². The third-order valence-corrected chi connectivity index (χ3v) is 13.7. The zero-order valence-corrected chi connectivity index (χ0v) is 35.8. The van der Waals surface area contributed by atoms with Crippen molar-refractivity contribution in [3.8, 4) is 22.3 Å². The first kappa shape index (κ1) is 37.8. The van der Waals surface area contributed by atoms with Crippen molar-refractivity contribution in [1.82, 2.24) is 0 Å². The lowest BCUT2D eigenvalue weighted by atomic mass is 9.67. The van der Waals surface area contributed by atoms with Gasteiger partial charge in [-0.15, -0.1) is 0 Å². The minimum Gasteiger partial charge on any atom is -0.310 e. The Balaban J connectivity index is 1.17. The molecule has 2 aliphatic carbocycles. The lowest BCUT2D eigenvalue weighted by Gasteiger charge is -2.36. The fourth-order valence-electron chi connectivity index (χ4n) is 10.8. The Morgan fingerprint density at radius 1 is 0.323 bits per heavy atom. The van der Waals surface area contributed by atoms with E-state index in [0.717, 1.165) is 17.1 Å². The molecule has 298 valence electrons.